The zero-order chi connectivity index (χ0) is 14.0. The van der Waals surface area contributed by atoms with Crippen LogP contribution < -0.4 is 5.32 Å². The number of thioether (sulfide) groups is 1. The van der Waals surface area contributed by atoms with Gasteiger partial charge in [-0.2, -0.15) is 11.8 Å². The van der Waals surface area contributed by atoms with E-state index in [1.165, 1.54) is 4.90 Å². The third-order valence-electron chi connectivity index (χ3n) is 3.87. The number of carboxylic acid groups (broad SMARTS) is 1. The Hall–Kier alpha value is -0.950. The maximum atomic E-state index is 12.1. The van der Waals surface area contributed by atoms with Crippen molar-refractivity contribution >= 4 is 23.8 Å². The minimum Gasteiger partial charge on any atom is -0.480 e. The normalized spacial score (nSPS) is 34.5. The van der Waals surface area contributed by atoms with Crippen molar-refractivity contribution in [3.05, 3.63) is 0 Å². The summed E-state index contributed by atoms with van der Waals surface area (Å²) < 4.78 is 0. The molecule has 2 rings (SSSR count). The summed E-state index contributed by atoms with van der Waals surface area (Å²) in [4.78, 5) is 24.4. The van der Waals surface area contributed by atoms with Crippen LogP contribution in [0.15, 0.2) is 0 Å². The number of urea groups is 1. The molecule has 0 bridgehead atoms. The number of hydrogen-bond acceptors (Lipinski definition) is 4. The molecular formula is C12H20N2O4S. The van der Waals surface area contributed by atoms with Crippen LogP contribution in [0.3, 0.4) is 0 Å². The largest absolute Gasteiger partial charge is 0.480 e. The van der Waals surface area contributed by atoms with Gasteiger partial charge in [0, 0.05) is 24.3 Å². The van der Waals surface area contributed by atoms with Crippen molar-refractivity contribution in [3.63, 3.8) is 0 Å². The lowest BCUT2D eigenvalue weighted by atomic mass is 10.2. The molecule has 1 aliphatic heterocycles. The van der Waals surface area contributed by atoms with Gasteiger partial charge < -0.3 is 20.4 Å². The first-order valence-electron chi connectivity index (χ1n) is 6.52. The summed E-state index contributed by atoms with van der Waals surface area (Å²) in [6, 6.07) is -1.15. The van der Waals surface area contributed by atoms with Gasteiger partial charge in [0.25, 0.3) is 0 Å². The fraction of sp³-hybridized carbons (Fsp3) is 0.833. The predicted molar refractivity (Wildman–Crippen MR) is 72.2 cm³/mol. The van der Waals surface area contributed by atoms with Gasteiger partial charge in [0.1, 0.15) is 6.04 Å². The van der Waals surface area contributed by atoms with Crippen LogP contribution in [0.4, 0.5) is 4.79 Å². The molecule has 0 aromatic rings. The topological polar surface area (TPSA) is 89.9 Å². The van der Waals surface area contributed by atoms with E-state index >= 15 is 0 Å². The highest BCUT2D eigenvalue weighted by molar-refractivity contribution is 7.99. The van der Waals surface area contributed by atoms with Crippen molar-refractivity contribution in [2.75, 3.05) is 12.8 Å². The Morgan fingerprint density at radius 3 is 2.63 bits per heavy atom. The Morgan fingerprint density at radius 2 is 2.05 bits per heavy atom. The molecule has 4 atom stereocenters. The number of β-amino-alcohol motifs (C(OH)–C–C–N with tert-alkyl or cyclic N) is 1. The molecule has 6 nitrogen and oxygen atoms in total. The summed E-state index contributed by atoms with van der Waals surface area (Å²) >= 11 is 1.80. The average Bonchev–Trinajstić information content (AvgIpc) is 2.95. The number of aliphatic hydroxyl groups is 1. The Morgan fingerprint density at radius 1 is 1.32 bits per heavy atom. The van der Waals surface area contributed by atoms with E-state index in [4.69, 9.17) is 5.11 Å². The molecule has 2 amide bonds. The van der Waals surface area contributed by atoms with Crippen LogP contribution >= 0.6 is 11.8 Å². The van der Waals surface area contributed by atoms with Crippen LogP contribution in [0, 0.1) is 0 Å². The summed E-state index contributed by atoms with van der Waals surface area (Å²) in [5, 5.41) is 22.0. The fourth-order valence-electron chi connectivity index (χ4n) is 2.82. The Kier molecular flexibility index (Phi) is 4.57. The van der Waals surface area contributed by atoms with E-state index in [1.54, 1.807) is 11.8 Å². The van der Waals surface area contributed by atoms with Crippen molar-refractivity contribution < 1.29 is 19.8 Å². The third kappa shape index (κ3) is 3.33. The van der Waals surface area contributed by atoms with Gasteiger partial charge in [0.05, 0.1) is 6.10 Å². The SMILES string of the molecule is CSC1CCC(NC(=O)N2C[C@@H](O)C[C@H]2C(=O)O)C1. The number of hydrogen-bond donors (Lipinski definition) is 3. The monoisotopic (exact) mass is 288 g/mol. The van der Waals surface area contributed by atoms with Gasteiger partial charge in [-0.05, 0) is 25.5 Å². The second-order valence-electron chi connectivity index (χ2n) is 5.21. The van der Waals surface area contributed by atoms with Gasteiger partial charge in [-0.3, -0.25) is 0 Å². The summed E-state index contributed by atoms with van der Waals surface area (Å²) in [6.07, 6.45) is 4.38. The third-order valence-corrected chi connectivity index (χ3v) is 4.97. The second kappa shape index (κ2) is 6.00. The Balaban J connectivity index is 1.90. The Labute approximate surface area is 116 Å². The molecule has 0 aromatic carbocycles. The van der Waals surface area contributed by atoms with Crippen LogP contribution in [0.25, 0.3) is 0 Å². The molecule has 7 heteroatoms. The Bertz CT molecular complexity index is 366. The smallest absolute Gasteiger partial charge is 0.326 e. The number of amides is 2. The maximum Gasteiger partial charge on any atom is 0.326 e. The summed E-state index contributed by atoms with van der Waals surface area (Å²) in [5.41, 5.74) is 0. The number of nitrogens with one attached hydrogen (secondary N) is 1. The van der Waals surface area contributed by atoms with Crippen molar-refractivity contribution in [2.45, 2.75) is 49.1 Å². The predicted octanol–water partition coefficient (Wildman–Crippen LogP) is 0.500. The van der Waals surface area contributed by atoms with E-state index in [0.717, 1.165) is 19.3 Å². The quantitative estimate of drug-likeness (QED) is 0.703. The first-order valence-corrected chi connectivity index (χ1v) is 7.81. The van der Waals surface area contributed by atoms with E-state index in [-0.39, 0.29) is 25.0 Å². The molecule has 3 N–H and O–H groups in total. The summed E-state index contributed by atoms with van der Waals surface area (Å²) in [7, 11) is 0. The number of carbonyl (C=O) groups is 2. The lowest BCUT2D eigenvalue weighted by Crippen LogP contribution is -2.48. The molecule has 0 radical (unpaired) electrons. The van der Waals surface area contributed by atoms with Crippen molar-refractivity contribution in [2.24, 2.45) is 0 Å². The van der Waals surface area contributed by atoms with Crippen molar-refractivity contribution in [1.29, 1.82) is 0 Å². The molecule has 0 spiro atoms. The molecule has 1 aliphatic carbocycles. The zero-order valence-electron chi connectivity index (χ0n) is 10.9. The van der Waals surface area contributed by atoms with Crippen molar-refractivity contribution in [3.8, 4) is 0 Å². The van der Waals surface area contributed by atoms with E-state index in [2.05, 4.69) is 11.6 Å². The zero-order valence-corrected chi connectivity index (χ0v) is 11.7. The van der Waals surface area contributed by atoms with Crippen LogP contribution in [0.1, 0.15) is 25.7 Å². The van der Waals surface area contributed by atoms with E-state index in [1.807, 2.05) is 0 Å². The van der Waals surface area contributed by atoms with Gasteiger partial charge in [0.15, 0.2) is 0 Å². The van der Waals surface area contributed by atoms with Crippen LogP contribution in [-0.2, 0) is 4.79 Å². The molecule has 2 aliphatic rings. The minimum absolute atomic E-state index is 0.0987. The average molecular weight is 288 g/mol. The van der Waals surface area contributed by atoms with Gasteiger partial charge >= 0.3 is 12.0 Å². The molecule has 1 saturated carbocycles. The van der Waals surface area contributed by atoms with Gasteiger partial charge in [-0.25, -0.2) is 9.59 Å². The lowest BCUT2D eigenvalue weighted by molar-refractivity contribution is -0.141. The van der Waals surface area contributed by atoms with Crippen LogP contribution in [0.5, 0.6) is 0 Å². The maximum absolute atomic E-state index is 12.1. The van der Waals surface area contributed by atoms with E-state index in [9.17, 15) is 14.7 Å². The van der Waals surface area contributed by atoms with E-state index < -0.39 is 18.1 Å². The highest BCUT2D eigenvalue weighted by atomic mass is 32.2. The highest BCUT2D eigenvalue weighted by Crippen LogP contribution is 2.28. The first kappa shape index (κ1) is 14.5. The summed E-state index contributed by atoms with van der Waals surface area (Å²) in [5.74, 6) is -1.06. The standard InChI is InChI=1S/C12H20N2O4S/c1-19-9-3-2-7(4-9)13-12(18)14-6-8(15)5-10(14)11(16)17/h7-10,15H,2-6H2,1H3,(H,13,18)(H,16,17)/t7?,8-,9?,10-/m0/s1. The lowest BCUT2D eigenvalue weighted by Gasteiger charge is -2.24. The molecule has 0 aromatic heterocycles. The van der Waals surface area contributed by atoms with Crippen LogP contribution in [0.2, 0.25) is 0 Å². The fourth-order valence-corrected chi connectivity index (χ4v) is 3.61. The number of carboxylic acids is 1. The molecule has 19 heavy (non-hydrogen) atoms. The molecule has 1 saturated heterocycles. The van der Waals surface area contributed by atoms with Crippen LogP contribution in [-0.4, -0.2) is 63.4 Å². The van der Waals surface area contributed by atoms with Gasteiger partial charge in [0.2, 0.25) is 0 Å². The summed E-state index contributed by atoms with van der Waals surface area (Å²) in [6.45, 7) is 0.0987. The van der Waals surface area contributed by atoms with E-state index in [0.29, 0.717) is 5.25 Å². The van der Waals surface area contributed by atoms with Crippen molar-refractivity contribution in [1.82, 2.24) is 10.2 Å². The second-order valence-corrected chi connectivity index (χ2v) is 6.35. The number of likely N-dealkylation sites (tertiary alicyclic amines) is 1. The number of carbonyl (C=O) groups excluding carboxylic acids is 1. The molecular weight excluding hydrogens is 268 g/mol. The number of aliphatic carboxylic acids is 1. The number of aliphatic hydroxyl groups excluding tert-OH is 1. The molecule has 108 valence electrons. The molecule has 2 fully saturated rings. The minimum atomic E-state index is -1.06. The van der Waals surface area contributed by atoms with Gasteiger partial charge in [-0.15, -0.1) is 0 Å². The van der Waals surface area contributed by atoms with Gasteiger partial charge in [-0.1, -0.05) is 0 Å². The highest BCUT2D eigenvalue weighted by Gasteiger charge is 2.39. The number of rotatable bonds is 3. The number of nitrogens with zero attached hydrogens (tertiary/aromatic N) is 1. The first-order chi connectivity index (χ1) is 9.01. The molecule has 2 unspecified atom stereocenters. The molecule has 1 heterocycles.